The first-order valence-electron chi connectivity index (χ1n) is 4.64. The quantitative estimate of drug-likeness (QED) is 0.803. The van der Waals surface area contributed by atoms with Gasteiger partial charge in [-0.25, -0.2) is 4.98 Å². The van der Waals surface area contributed by atoms with Crippen molar-refractivity contribution < 1.29 is 9.53 Å². The molecule has 0 aromatic carbocycles. The van der Waals surface area contributed by atoms with E-state index in [1.54, 1.807) is 19.1 Å². The fourth-order valence-electron chi connectivity index (χ4n) is 1.04. The number of amides is 1. The van der Waals surface area contributed by atoms with Crippen molar-refractivity contribution in [1.82, 2.24) is 4.98 Å². The van der Waals surface area contributed by atoms with Crippen LogP contribution in [0.3, 0.4) is 0 Å². The van der Waals surface area contributed by atoms with Gasteiger partial charge < -0.3 is 10.1 Å². The van der Waals surface area contributed by atoms with Crippen molar-refractivity contribution in [3.63, 3.8) is 0 Å². The lowest BCUT2D eigenvalue weighted by molar-refractivity contribution is -0.120. The lowest BCUT2D eigenvalue weighted by Crippen LogP contribution is -2.19. The zero-order valence-electron chi connectivity index (χ0n) is 8.71. The summed E-state index contributed by atoms with van der Waals surface area (Å²) in [6.07, 6.45) is 0. The van der Waals surface area contributed by atoms with Gasteiger partial charge in [0.25, 0.3) is 0 Å². The van der Waals surface area contributed by atoms with E-state index in [0.717, 1.165) is 0 Å². The molecule has 1 rings (SSSR count). The molecule has 15 heavy (non-hydrogen) atoms. The third kappa shape index (κ3) is 3.85. The first kappa shape index (κ1) is 11.9. The van der Waals surface area contributed by atoms with E-state index in [1.165, 1.54) is 0 Å². The maximum absolute atomic E-state index is 11.3. The molecule has 1 heterocycles. The standard InChI is InChI=1S/C10H13ClN2O2/c1-3-15-6-10(14)13-8-4-5-9(11)12-7(8)2/h4-5H,3,6H2,1-2H3,(H,13,14). The number of carbonyl (C=O) groups excluding carboxylic acids is 1. The summed E-state index contributed by atoms with van der Waals surface area (Å²) in [4.78, 5) is 15.3. The monoisotopic (exact) mass is 228 g/mol. The predicted molar refractivity (Wildman–Crippen MR) is 59.1 cm³/mol. The summed E-state index contributed by atoms with van der Waals surface area (Å²) in [5.74, 6) is -0.191. The van der Waals surface area contributed by atoms with Gasteiger partial charge in [0.05, 0.1) is 11.4 Å². The van der Waals surface area contributed by atoms with E-state index >= 15 is 0 Å². The Hall–Kier alpha value is -1.13. The van der Waals surface area contributed by atoms with Crippen LogP contribution in [0, 0.1) is 6.92 Å². The maximum Gasteiger partial charge on any atom is 0.250 e. The number of carbonyl (C=O) groups is 1. The van der Waals surface area contributed by atoms with E-state index in [9.17, 15) is 4.79 Å². The zero-order chi connectivity index (χ0) is 11.3. The number of hydrogen-bond donors (Lipinski definition) is 1. The van der Waals surface area contributed by atoms with E-state index in [-0.39, 0.29) is 12.5 Å². The molecule has 5 heteroatoms. The number of rotatable bonds is 4. The van der Waals surface area contributed by atoms with Crippen LogP contribution in [0.1, 0.15) is 12.6 Å². The summed E-state index contributed by atoms with van der Waals surface area (Å²) in [5, 5.41) is 3.10. The Morgan fingerprint density at radius 1 is 1.60 bits per heavy atom. The van der Waals surface area contributed by atoms with Crippen LogP contribution in [0.2, 0.25) is 5.15 Å². The second kappa shape index (κ2) is 5.68. The highest BCUT2D eigenvalue weighted by atomic mass is 35.5. The highest BCUT2D eigenvalue weighted by molar-refractivity contribution is 6.29. The molecule has 1 amide bonds. The fourth-order valence-corrected chi connectivity index (χ4v) is 1.23. The third-order valence-electron chi connectivity index (χ3n) is 1.76. The minimum atomic E-state index is -0.191. The van der Waals surface area contributed by atoms with Crippen molar-refractivity contribution in [3.05, 3.63) is 23.0 Å². The minimum absolute atomic E-state index is 0.0541. The molecule has 0 aliphatic rings. The number of ether oxygens (including phenoxy) is 1. The number of halogens is 1. The summed E-state index contributed by atoms with van der Waals surface area (Å²) in [6, 6.07) is 3.35. The molecule has 0 atom stereocenters. The van der Waals surface area contributed by atoms with Crippen LogP contribution in [0.25, 0.3) is 0 Å². The number of nitrogens with one attached hydrogen (secondary N) is 1. The Kier molecular flexibility index (Phi) is 4.52. The number of pyridine rings is 1. The summed E-state index contributed by atoms with van der Waals surface area (Å²) in [6.45, 7) is 4.19. The third-order valence-corrected chi connectivity index (χ3v) is 1.97. The van der Waals surface area contributed by atoms with Crippen molar-refractivity contribution in [2.45, 2.75) is 13.8 Å². The van der Waals surface area contributed by atoms with Crippen molar-refractivity contribution >= 4 is 23.2 Å². The molecule has 4 nitrogen and oxygen atoms in total. The van der Waals surface area contributed by atoms with E-state index < -0.39 is 0 Å². The van der Waals surface area contributed by atoms with Crippen LogP contribution < -0.4 is 5.32 Å². The average molecular weight is 229 g/mol. The number of aryl methyl sites for hydroxylation is 1. The molecule has 0 fully saturated rings. The highest BCUT2D eigenvalue weighted by Crippen LogP contribution is 2.15. The minimum Gasteiger partial charge on any atom is -0.372 e. The summed E-state index contributed by atoms with van der Waals surface area (Å²) < 4.78 is 4.97. The van der Waals surface area contributed by atoms with Crippen molar-refractivity contribution in [2.24, 2.45) is 0 Å². The topological polar surface area (TPSA) is 51.2 Å². The van der Waals surface area contributed by atoms with E-state index in [2.05, 4.69) is 10.3 Å². The molecule has 1 aromatic heterocycles. The number of aromatic nitrogens is 1. The Bertz CT molecular complexity index is 355. The van der Waals surface area contributed by atoms with Gasteiger partial charge in [0.1, 0.15) is 11.8 Å². The van der Waals surface area contributed by atoms with Crippen molar-refractivity contribution in [1.29, 1.82) is 0 Å². The summed E-state index contributed by atoms with van der Waals surface area (Å²) in [7, 11) is 0. The second-order valence-corrected chi connectivity index (χ2v) is 3.34. The molecule has 0 spiro atoms. The molecule has 1 aromatic rings. The van der Waals surface area contributed by atoms with Gasteiger partial charge in [0.15, 0.2) is 0 Å². The lowest BCUT2D eigenvalue weighted by atomic mass is 10.3. The van der Waals surface area contributed by atoms with Crippen LogP contribution in [0.4, 0.5) is 5.69 Å². The number of anilines is 1. The molecule has 0 aliphatic carbocycles. The summed E-state index contributed by atoms with van der Waals surface area (Å²) in [5.41, 5.74) is 1.34. The molecule has 82 valence electrons. The smallest absolute Gasteiger partial charge is 0.250 e. The lowest BCUT2D eigenvalue weighted by Gasteiger charge is -2.07. The highest BCUT2D eigenvalue weighted by Gasteiger charge is 2.05. The van der Waals surface area contributed by atoms with Crippen LogP contribution in [-0.2, 0) is 9.53 Å². The van der Waals surface area contributed by atoms with E-state index in [1.807, 2.05) is 6.92 Å². The molecule has 0 saturated heterocycles. The van der Waals surface area contributed by atoms with Gasteiger partial charge in [-0.15, -0.1) is 0 Å². The Morgan fingerprint density at radius 3 is 2.93 bits per heavy atom. The Morgan fingerprint density at radius 2 is 2.33 bits per heavy atom. The van der Waals surface area contributed by atoms with Gasteiger partial charge in [-0.2, -0.15) is 0 Å². The van der Waals surface area contributed by atoms with Crippen LogP contribution in [0.15, 0.2) is 12.1 Å². The first-order valence-corrected chi connectivity index (χ1v) is 5.02. The van der Waals surface area contributed by atoms with E-state index in [0.29, 0.717) is 23.1 Å². The second-order valence-electron chi connectivity index (χ2n) is 2.95. The van der Waals surface area contributed by atoms with Crippen LogP contribution in [-0.4, -0.2) is 24.1 Å². The predicted octanol–water partition coefficient (Wildman–Crippen LogP) is 2.02. The average Bonchev–Trinajstić information content (AvgIpc) is 2.19. The van der Waals surface area contributed by atoms with Crippen molar-refractivity contribution in [2.75, 3.05) is 18.5 Å². The van der Waals surface area contributed by atoms with Gasteiger partial charge in [-0.05, 0) is 26.0 Å². The summed E-state index contributed by atoms with van der Waals surface area (Å²) >= 11 is 5.69. The van der Waals surface area contributed by atoms with Gasteiger partial charge in [0, 0.05) is 6.61 Å². The molecule has 0 unspecified atom stereocenters. The Balaban J connectivity index is 2.60. The molecule has 1 N–H and O–H groups in total. The van der Waals surface area contributed by atoms with Crippen LogP contribution in [0.5, 0.6) is 0 Å². The molecular formula is C10H13ClN2O2. The normalized spacial score (nSPS) is 10.1. The molecule has 0 aliphatic heterocycles. The fraction of sp³-hybridized carbons (Fsp3) is 0.400. The van der Waals surface area contributed by atoms with Crippen LogP contribution >= 0.6 is 11.6 Å². The maximum atomic E-state index is 11.3. The van der Waals surface area contributed by atoms with Gasteiger partial charge in [-0.3, -0.25) is 4.79 Å². The first-order chi connectivity index (χ1) is 7.13. The number of nitrogens with zero attached hydrogens (tertiary/aromatic N) is 1. The molecule has 0 radical (unpaired) electrons. The van der Waals surface area contributed by atoms with Gasteiger partial charge >= 0.3 is 0 Å². The number of hydrogen-bond acceptors (Lipinski definition) is 3. The molecular weight excluding hydrogens is 216 g/mol. The van der Waals surface area contributed by atoms with E-state index in [4.69, 9.17) is 16.3 Å². The Labute approximate surface area is 93.6 Å². The molecule has 0 saturated carbocycles. The largest absolute Gasteiger partial charge is 0.372 e. The van der Waals surface area contributed by atoms with Crippen molar-refractivity contribution in [3.8, 4) is 0 Å². The zero-order valence-corrected chi connectivity index (χ0v) is 9.47. The van der Waals surface area contributed by atoms with Gasteiger partial charge in [-0.1, -0.05) is 11.6 Å². The van der Waals surface area contributed by atoms with Gasteiger partial charge in [0.2, 0.25) is 5.91 Å². The SMILES string of the molecule is CCOCC(=O)Nc1ccc(Cl)nc1C. The molecule has 0 bridgehead atoms.